The van der Waals surface area contributed by atoms with Crippen molar-refractivity contribution in [2.75, 3.05) is 0 Å². The van der Waals surface area contributed by atoms with Crippen LogP contribution in [-0.4, -0.2) is 63.5 Å². The van der Waals surface area contributed by atoms with Crippen molar-refractivity contribution in [3.63, 3.8) is 0 Å². The molecule has 0 aliphatic heterocycles. The number of ketones is 4. The molecule has 0 bridgehead atoms. The molecule has 4 heterocycles. The summed E-state index contributed by atoms with van der Waals surface area (Å²) in [5.41, 5.74) is 29.6. The fourth-order valence-electron chi connectivity index (χ4n) is 11.5. The fraction of sp³-hybridized carbons (Fsp3) is 0.265. The van der Waals surface area contributed by atoms with Crippen molar-refractivity contribution in [1.82, 2.24) is 19.9 Å². The van der Waals surface area contributed by atoms with Crippen LogP contribution in [0.3, 0.4) is 0 Å². The summed E-state index contributed by atoms with van der Waals surface area (Å²) in [6.07, 6.45) is 4.67. The average Bonchev–Trinajstić information content (AvgIpc) is 0.832. The Kier molecular flexibility index (Phi) is 52.5. The summed E-state index contributed by atoms with van der Waals surface area (Å²) in [7, 11) is 0. The molecule has 16 heteroatoms. The van der Waals surface area contributed by atoms with Gasteiger partial charge in [0.1, 0.15) is 0 Å². The first-order valence-electron chi connectivity index (χ1n) is 34.9. The Morgan fingerprint density at radius 1 is 0.263 bits per heavy atom. The van der Waals surface area contributed by atoms with Gasteiger partial charge in [-0.15, -0.1) is 140 Å². The van der Waals surface area contributed by atoms with Gasteiger partial charge in [0.25, 0.3) is 0 Å². The molecule has 4 aromatic heterocycles. The van der Waals surface area contributed by atoms with Crippen LogP contribution < -0.4 is 0 Å². The molecule has 0 unspecified atom stereocenters. The van der Waals surface area contributed by atoms with Crippen LogP contribution in [0.5, 0.6) is 0 Å². The van der Waals surface area contributed by atoms with E-state index in [0.717, 1.165) is 89.4 Å². The molecule has 0 aliphatic rings. The summed E-state index contributed by atoms with van der Waals surface area (Å²) in [5.74, 6) is -0.250. The smallest absolute Gasteiger partial charge is 0.155 e. The maximum atomic E-state index is 10.0. The van der Waals surface area contributed by atoms with Crippen molar-refractivity contribution in [2.24, 2.45) is 0 Å². The number of fused-ring (bicyclic) bond motifs is 4. The van der Waals surface area contributed by atoms with E-state index in [1.807, 2.05) is 0 Å². The minimum absolute atomic E-state index is 0. The number of benzene rings is 8. The molecular weight excluding hydrogens is 2130 g/mol. The number of aromatic nitrogens is 4. The number of hydrogen-bond donors (Lipinski definition) is 4. The van der Waals surface area contributed by atoms with E-state index in [-0.39, 0.29) is 156 Å². The second kappa shape index (κ2) is 53.8. The molecule has 4 radical (unpaired) electrons. The number of carbonyl (C=O) groups excluding carboxylic acids is 4. The molecule has 4 N–H and O–H groups in total. The van der Waals surface area contributed by atoms with E-state index >= 15 is 0 Å². The van der Waals surface area contributed by atoms with E-state index < -0.39 is 0 Å². The number of carbonyl (C=O) groups is 4. The van der Waals surface area contributed by atoms with Crippen LogP contribution >= 0.6 is 0 Å². The predicted molar refractivity (Wildman–Crippen MR) is 466 cm³/mol. The van der Waals surface area contributed by atoms with Gasteiger partial charge < -0.3 is 20.4 Å². The van der Waals surface area contributed by atoms with Gasteiger partial charge in [-0.2, -0.15) is 0 Å². The first-order chi connectivity index (χ1) is 49.8. The second-order valence-electron chi connectivity index (χ2n) is 27.1. The first kappa shape index (κ1) is 111. The van der Waals surface area contributed by atoms with Crippen LogP contribution in [0, 0.1) is 121 Å². The van der Waals surface area contributed by atoms with Gasteiger partial charge in [-0.3, -0.25) is 39.1 Å². The topological polar surface area (TPSA) is 201 Å². The maximum absolute atomic E-state index is 10.0. The zero-order chi connectivity index (χ0) is 78.8. The molecule has 114 heavy (non-hydrogen) atoms. The van der Waals surface area contributed by atoms with E-state index in [2.05, 4.69) is 279 Å². The van der Waals surface area contributed by atoms with E-state index in [1.54, 1.807) is 0 Å². The maximum Gasteiger partial charge on any atom is 0.155 e. The predicted octanol–water partition coefficient (Wildman–Crippen LogP) is 25.8. The Balaban J connectivity index is -0.000000624. The molecule has 0 fully saturated rings. The van der Waals surface area contributed by atoms with Gasteiger partial charge in [0.15, 0.2) is 23.1 Å². The Hall–Kier alpha value is -9.16. The van der Waals surface area contributed by atoms with Crippen LogP contribution in [-0.2, 0) is 99.6 Å². The van der Waals surface area contributed by atoms with Gasteiger partial charge in [-0.1, -0.05) is 170 Å². The molecule has 0 amide bonds. The Labute approximate surface area is 734 Å². The molecule has 0 saturated carbocycles. The zero-order valence-corrected chi connectivity index (χ0v) is 76.4. The Morgan fingerprint density at radius 3 is 0.868 bits per heavy atom. The molecule has 616 valence electrons. The number of nitrogens with zero attached hydrogens (tertiary/aromatic N) is 4. The molecule has 0 atom stereocenters. The standard InChI is InChI=1S/2C19H18N.2C18H16N.4C5H8O2.4CH4.4Ir/c1-12-7-13(2)10-16(9-12)18-6-5-17-15(4)8-14(3)11-19(17)20-18;1-12-5-6-17-15(4)11-18(20-19(17)10-12)16-8-13(2)7-14(3)9-16;1-12-4-6-17-15(9-12)5-7-18(19-17)16-10-13(2)8-14(3)11-16;1-12-4-5-15-6-7-17(19-18(15)11-12)16-9-13(2)8-14(3)10-16;4*1-4(6)3-5(2)7;;;;;;;;/h5-9,11H,1-4H3;5-8,10-11H,1-4H3;4-10H,1-3H3;4-9,11H,1-3H3;4*3,6H,1-2H3;4*1H4;;;;/q4*-1;;;;;;;;;;;;. The average molecular weight is 2250 g/mol. The van der Waals surface area contributed by atoms with Crippen molar-refractivity contribution < 1.29 is 120 Å². The number of allylic oxidation sites excluding steroid dienone is 8. The quantitative estimate of drug-likeness (QED) is 0.0638. The second-order valence-corrected chi connectivity index (χ2v) is 27.1. The molecule has 12 aromatic rings. The number of pyridine rings is 4. The number of aryl methyl sites for hydroxylation is 14. The summed E-state index contributed by atoms with van der Waals surface area (Å²) in [6.45, 7) is 40.8. The van der Waals surface area contributed by atoms with Crippen LogP contribution in [0.1, 0.15) is 163 Å². The molecular formula is C98H116Ir4N4O8-4. The number of aliphatic hydroxyl groups excluding tert-OH is 4. The van der Waals surface area contributed by atoms with Gasteiger partial charge in [0.2, 0.25) is 0 Å². The van der Waals surface area contributed by atoms with Crippen LogP contribution in [0.25, 0.3) is 88.6 Å². The monoisotopic (exact) mass is 2250 g/mol. The van der Waals surface area contributed by atoms with Gasteiger partial charge in [0, 0.05) is 115 Å². The van der Waals surface area contributed by atoms with E-state index in [9.17, 15) is 19.2 Å². The molecule has 8 aromatic carbocycles. The SMILES string of the molecule is C.C.C.C.CC(=O)C=C(C)O.CC(=O)C=C(C)O.CC(=O)C=C(C)O.CC(=O)C=C(C)O.Cc1[c-]c(-c2cc(C)c3ccc(C)cc3n2)cc(C)c1.Cc1[c-]c(-c2ccc3c(C)cc(C)cc3n2)cc(C)c1.Cc1[c-]c(-c2ccc3cc(C)ccc3n2)cc(C)c1.Cc1[c-]c(-c2ccc3ccc(C)cc3n2)cc(C)c1.[Ir].[Ir].[Ir].[Ir]. The Morgan fingerprint density at radius 2 is 0.518 bits per heavy atom. The van der Waals surface area contributed by atoms with E-state index in [1.165, 1.54) is 157 Å². The largest absolute Gasteiger partial charge is 0.512 e. The normalized spacial score (nSPS) is 10.3. The summed E-state index contributed by atoms with van der Waals surface area (Å²) < 4.78 is 0. The summed E-state index contributed by atoms with van der Waals surface area (Å²) in [6, 6.07) is 69.0. The van der Waals surface area contributed by atoms with Gasteiger partial charge in [-0.05, 0) is 189 Å². The van der Waals surface area contributed by atoms with Crippen molar-refractivity contribution in [3.05, 3.63) is 307 Å². The van der Waals surface area contributed by atoms with Gasteiger partial charge in [-0.25, -0.2) is 0 Å². The third kappa shape index (κ3) is 39.3. The minimum Gasteiger partial charge on any atom is -0.512 e. The number of hydrogen-bond acceptors (Lipinski definition) is 12. The molecule has 12 rings (SSSR count). The van der Waals surface area contributed by atoms with Crippen molar-refractivity contribution >= 4 is 66.7 Å². The number of rotatable bonds is 8. The van der Waals surface area contributed by atoms with Crippen molar-refractivity contribution in [2.45, 2.75) is 182 Å². The fourth-order valence-corrected chi connectivity index (χ4v) is 11.5. The van der Waals surface area contributed by atoms with Crippen molar-refractivity contribution in [1.29, 1.82) is 0 Å². The summed E-state index contributed by atoms with van der Waals surface area (Å²) >= 11 is 0. The third-order valence-corrected chi connectivity index (χ3v) is 15.4. The van der Waals surface area contributed by atoms with Crippen LogP contribution in [0.15, 0.2) is 205 Å². The third-order valence-electron chi connectivity index (χ3n) is 15.4. The van der Waals surface area contributed by atoms with E-state index in [4.69, 9.17) is 40.4 Å². The van der Waals surface area contributed by atoms with Crippen molar-refractivity contribution in [3.8, 4) is 45.0 Å². The minimum atomic E-state index is -0.125. The first-order valence-corrected chi connectivity index (χ1v) is 34.9. The van der Waals surface area contributed by atoms with E-state index in [0.29, 0.717) is 0 Å². The summed E-state index contributed by atoms with van der Waals surface area (Å²) in [5, 5.41) is 38.3. The molecule has 0 saturated heterocycles. The van der Waals surface area contributed by atoms with Crippen LogP contribution in [0.2, 0.25) is 0 Å². The molecule has 12 nitrogen and oxygen atoms in total. The Bertz CT molecular complexity index is 5090. The molecule has 0 spiro atoms. The number of aliphatic hydroxyl groups is 4. The zero-order valence-electron chi connectivity index (χ0n) is 66.9. The van der Waals surface area contributed by atoms with Gasteiger partial charge >= 0.3 is 0 Å². The molecule has 0 aliphatic carbocycles. The summed E-state index contributed by atoms with van der Waals surface area (Å²) in [4.78, 5) is 59.2. The van der Waals surface area contributed by atoms with Gasteiger partial charge in [0.05, 0.1) is 45.1 Å². The van der Waals surface area contributed by atoms with Crippen LogP contribution in [0.4, 0.5) is 0 Å².